The molecule has 0 aromatic heterocycles. The van der Waals surface area contributed by atoms with E-state index >= 15 is 0 Å². The summed E-state index contributed by atoms with van der Waals surface area (Å²) in [5, 5.41) is 54.4. The molecule has 0 aliphatic carbocycles. The minimum absolute atomic E-state index is 0.194. The molecule has 0 bridgehead atoms. The summed E-state index contributed by atoms with van der Waals surface area (Å²) in [7, 11) is 0. The number of hydrogen-bond acceptors (Lipinski definition) is 8. The largest absolute Gasteiger partial charge is 0.394 e. The molecular weight excluding hydrogens is 791 g/mol. The summed E-state index contributed by atoms with van der Waals surface area (Å²) in [5.41, 5.74) is 0. The van der Waals surface area contributed by atoms with E-state index in [-0.39, 0.29) is 12.5 Å². The second-order valence-corrected chi connectivity index (χ2v) is 18.3. The van der Waals surface area contributed by atoms with E-state index in [1.165, 1.54) is 135 Å². The van der Waals surface area contributed by atoms with Crippen LogP contribution in [-0.2, 0) is 14.3 Å². The van der Waals surface area contributed by atoms with Crippen LogP contribution in [-0.4, -0.2) is 87.5 Å². The van der Waals surface area contributed by atoms with Crippen LogP contribution in [0, 0.1) is 0 Å². The van der Waals surface area contributed by atoms with Crippen molar-refractivity contribution in [3.05, 3.63) is 48.6 Å². The fraction of sp³-hybridized carbons (Fsp3) is 0.833. The molecule has 1 saturated heterocycles. The molecule has 9 nitrogen and oxygen atoms in total. The summed E-state index contributed by atoms with van der Waals surface area (Å²) < 4.78 is 11.2. The number of carbonyl (C=O) groups is 1. The highest BCUT2D eigenvalue weighted by atomic mass is 16.7. The van der Waals surface area contributed by atoms with E-state index < -0.39 is 49.5 Å². The second-order valence-electron chi connectivity index (χ2n) is 18.3. The Morgan fingerprint density at radius 1 is 0.556 bits per heavy atom. The number of carbonyl (C=O) groups excluding carboxylic acids is 1. The maximum absolute atomic E-state index is 13.0. The van der Waals surface area contributed by atoms with E-state index in [0.29, 0.717) is 6.42 Å². The quantitative estimate of drug-likeness (QED) is 0.0262. The zero-order chi connectivity index (χ0) is 45.9. The molecule has 6 N–H and O–H groups in total. The fourth-order valence-electron chi connectivity index (χ4n) is 8.23. The van der Waals surface area contributed by atoms with E-state index in [2.05, 4.69) is 55.6 Å². The van der Waals surface area contributed by atoms with Crippen molar-refractivity contribution in [3.8, 4) is 0 Å². The monoisotopic (exact) mass is 890 g/mol. The van der Waals surface area contributed by atoms with Gasteiger partial charge in [0.25, 0.3) is 0 Å². The lowest BCUT2D eigenvalue weighted by molar-refractivity contribution is -0.302. The van der Waals surface area contributed by atoms with E-state index in [0.717, 1.165) is 77.0 Å². The third kappa shape index (κ3) is 34.2. The maximum Gasteiger partial charge on any atom is 0.220 e. The average Bonchev–Trinajstić information content (AvgIpc) is 3.28. The number of rotatable bonds is 44. The number of ether oxygens (including phenoxy) is 2. The van der Waals surface area contributed by atoms with Crippen LogP contribution >= 0.6 is 0 Å². The first-order valence-corrected chi connectivity index (χ1v) is 26.4. The Morgan fingerprint density at radius 2 is 0.984 bits per heavy atom. The van der Waals surface area contributed by atoms with Crippen molar-refractivity contribution in [2.75, 3.05) is 13.2 Å². The van der Waals surface area contributed by atoms with Gasteiger partial charge in [0, 0.05) is 6.42 Å². The summed E-state index contributed by atoms with van der Waals surface area (Å²) in [4.78, 5) is 13.0. The molecule has 1 aliphatic heterocycles. The summed E-state index contributed by atoms with van der Waals surface area (Å²) in [6, 6.07) is -0.815. The van der Waals surface area contributed by atoms with E-state index in [1.54, 1.807) is 6.08 Å². The predicted molar refractivity (Wildman–Crippen MR) is 263 cm³/mol. The topological polar surface area (TPSA) is 149 Å². The molecule has 0 aromatic rings. The van der Waals surface area contributed by atoms with Crippen LogP contribution in [0.4, 0.5) is 0 Å². The van der Waals surface area contributed by atoms with Gasteiger partial charge in [0.2, 0.25) is 5.91 Å². The van der Waals surface area contributed by atoms with Crippen LogP contribution < -0.4 is 5.32 Å². The highest BCUT2D eigenvalue weighted by Gasteiger charge is 2.44. The first kappa shape index (κ1) is 59.2. The predicted octanol–water partition coefficient (Wildman–Crippen LogP) is 12.2. The molecule has 368 valence electrons. The molecule has 1 aliphatic rings. The Morgan fingerprint density at radius 3 is 1.46 bits per heavy atom. The summed E-state index contributed by atoms with van der Waals surface area (Å²) in [5.74, 6) is -0.194. The third-order valence-corrected chi connectivity index (χ3v) is 12.4. The van der Waals surface area contributed by atoms with Crippen LogP contribution in [0.1, 0.15) is 232 Å². The van der Waals surface area contributed by atoms with Crippen LogP contribution in [0.2, 0.25) is 0 Å². The number of nitrogens with one attached hydrogen (secondary N) is 1. The highest BCUT2D eigenvalue weighted by Crippen LogP contribution is 2.23. The normalized spacial score (nSPS) is 20.5. The Hall–Kier alpha value is -1.85. The highest BCUT2D eigenvalue weighted by molar-refractivity contribution is 5.76. The van der Waals surface area contributed by atoms with Crippen molar-refractivity contribution < 1.29 is 39.8 Å². The van der Waals surface area contributed by atoms with Crippen molar-refractivity contribution in [3.63, 3.8) is 0 Å². The molecule has 1 amide bonds. The third-order valence-electron chi connectivity index (χ3n) is 12.4. The Bertz CT molecular complexity index is 1130. The first-order valence-electron chi connectivity index (χ1n) is 26.4. The lowest BCUT2D eigenvalue weighted by Crippen LogP contribution is -2.60. The van der Waals surface area contributed by atoms with Crippen LogP contribution in [0.25, 0.3) is 0 Å². The molecule has 1 fully saturated rings. The van der Waals surface area contributed by atoms with Gasteiger partial charge in [-0.25, -0.2) is 0 Å². The van der Waals surface area contributed by atoms with Gasteiger partial charge in [0.15, 0.2) is 6.29 Å². The number of amides is 1. The number of aliphatic hydroxyl groups is 5. The minimum atomic E-state index is -1.57. The summed E-state index contributed by atoms with van der Waals surface area (Å²) in [6.07, 6.45) is 50.3. The number of unbranched alkanes of at least 4 members (excludes halogenated alkanes) is 28. The van der Waals surface area contributed by atoms with Gasteiger partial charge < -0.3 is 40.3 Å². The van der Waals surface area contributed by atoms with Gasteiger partial charge in [-0.3, -0.25) is 4.79 Å². The van der Waals surface area contributed by atoms with Gasteiger partial charge in [-0.15, -0.1) is 0 Å². The maximum atomic E-state index is 13.0. The zero-order valence-electron chi connectivity index (χ0n) is 40.6. The van der Waals surface area contributed by atoms with Gasteiger partial charge in [-0.2, -0.15) is 0 Å². The van der Waals surface area contributed by atoms with Gasteiger partial charge in [-0.1, -0.05) is 223 Å². The lowest BCUT2D eigenvalue weighted by atomic mass is 9.99. The molecule has 0 aromatic carbocycles. The number of hydrogen-bond donors (Lipinski definition) is 6. The molecule has 1 heterocycles. The second kappa shape index (κ2) is 44.0. The fourth-order valence-corrected chi connectivity index (χ4v) is 8.23. The minimum Gasteiger partial charge on any atom is -0.394 e. The molecule has 63 heavy (non-hydrogen) atoms. The van der Waals surface area contributed by atoms with Crippen LogP contribution in [0.5, 0.6) is 0 Å². The number of allylic oxidation sites excluding steroid dienone is 7. The molecule has 9 heteroatoms. The van der Waals surface area contributed by atoms with Gasteiger partial charge in [-0.05, 0) is 51.4 Å². The molecule has 0 radical (unpaired) electrons. The zero-order valence-corrected chi connectivity index (χ0v) is 40.6. The number of aliphatic hydroxyl groups excluding tert-OH is 5. The molecule has 0 saturated carbocycles. The van der Waals surface area contributed by atoms with Crippen molar-refractivity contribution >= 4 is 5.91 Å². The van der Waals surface area contributed by atoms with Crippen molar-refractivity contribution in [2.45, 2.75) is 275 Å². The summed E-state index contributed by atoms with van der Waals surface area (Å²) >= 11 is 0. The van der Waals surface area contributed by atoms with Crippen LogP contribution in [0.15, 0.2) is 48.6 Å². The molecular formula is C54H99NO8. The molecule has 0 spiro atoms. The van der Waals surface area contributed by atoms with E-state index in [4.69, 9.17) is 9.47 Å². The van der Waals surface area contributed by atoms with Crippen molar-refractivity contribution in [1.82, 2.24) is 5.32 Å². The molecule has 7 unspecified atom stereocenters. The van der Waals surface area contributed by atoms with E-state index in [1.807, 2.05) is 6.08 Å². The average molecular weight is 890 g/mol. The standard InChI is InChI=1S/C54H99NO8/c1-3-5-7-9-11-13-15-17-19-20-21-22-23-24-25-26-27-28-30-31-33-35-37-39-41-43-48(57)47(46-62-54-53(61)52(60)51(59)49(45-56)63-54)55-50(58)44-42-40-38-36-34-32-29-18-16-14-12-10-8-6-4-2/h6,8,12,14,18,29,41,43,47-49,51-54,56-57,59-61H,3-5,7,9-11,13,15-17,19-28,30-40,42,44-46H2,1-2H3,(H,55,58)/b8-6-,14-12-,29-18-,43-41+. The Balaban J connectivity index is 2.26. The van der Waals surface area contributed by atoms with Crippen LogP contribution in [0.3, 0.4) is 0 Å². The van der Waals surface area contributed by atoms with Crippen molar-refractivity contribution in [2.24, 2.45) is 0 Å². The Kier molecular flexibility index (Phi) is 41.3. The van der Waals surface area contributed by atoms with Gasteiger partial charge in [0.05, 0.1) is 25.4 Å². The molecule has 1 rings (SSSR count). The smallest absolute Gasteiger partial charge is 0.220 e. The van der Waals surface area contributed by atoms with Gasteiger partial charge in [0.1, 0.15) is 24.4 Å². The first-order chi connectivity index (χ1) is 30.8. The Labute approximate surface area is 386 Å². The van der Waals surface area contributed by atoms with E-state index in [9.17, 15) is 30.3 Å². The van der Waals surface area contributed by atoms with Crippen molar-refractivity contribution in [1.29, 1.82) is 0 Å². The van der Waals surface area contributed by atoms with Gasteiger partial charge >= 0.3 is 0 Å². The summed E-state index contributed by atoms with van der Waals surface area (Å²) in [6.45, 7) is 3.66. The SMILES string of the molecule is CC/C=C\C/C=C\C/C=C\CCCCCCCC(=O)NC(COC1OC(CO)C(O)C(O)C1O)C(O)/C=C/CCCCCCCCCCCCCCCCCCCCCCCCC. The lowest BCUT2D eigenvalue weighted by Gasteiger charge is -2.40. The molecule has 7 atom stereocenters.